The highest BCUT2D eigenvalue weighted by Crippen LogP contribution is 2.32. The van der Waals surface area contributed by atoms with Crippen LogP contribution < -0.4 is 10.4 Å². The molecule has 0 saturated carbocycles. The van der Waals surface area contributed by atoms with Crippen molar-refractivity contribution < 1.29 is 0 Å². The van der Waals surface area contributed by atoms with Crippen molar-refractivity contribution >= 4 is 39.1 Å². The number of fused-ring (bicyclic) bond motifs is 1. The standard InChI is InChI=1S/C49H48.C2H6/c1-8-10-17-41-20-14-15-23-48(41)49(47(9-2)45-31-30-43-32-35(3)24-29-44(43)34-45)46-22-16-21-42(33-46)39(7)28-26-37(5)36(4)25-27-38(6)40-18-12-11-13-19-40;1-2/h8-34H,1-7H3;1-2H3/b10-8+,36-25+,37-26+,38-27+,39-28+,41-17-,47-9+,49-48-;. The van der Waals surface area contributed by atoms with Gasteiger partial charge in [0.1, 0.15) is 0 Å². The molecule has 0 heteroatoms. The van der Waals surface area contributed by atoms with Crippen molar-refractivity contribution in [1.29, 1.82) is 0 Å². The van der Waals surface area contributed by atoms with Gasteiger partial charge in [0, 0.05) is 0 Å². The Bertz CT molecular complexity index is 2260. The highest BCUT2D eigenvalue weighted by atomic mass is 14.2. The van der Waals surface area contributed by atoms with Gasteiger partial charge in [-0.25, -0.2) is 0 Å². The number of hydrogen-bond donors (Lipinski definition) is 0. The number of aryl methyl sites for hydroxylation is 1. The Labute approximate surface area is 307 Å². The van der Waals surface area contributed by atoms with E-state index in [9.17, 15) is 0 Å². The van der Waals surface area contributed by atoms with Gasteiger partial charge in [-0.15, -0.1) is 0 Å². The van der Waals surface area contributed by atoms with Crippen LogP contribution in [0.1, 0.15) is 83.2 Å². The Morgan fingerprint density at radius 2 is 1.10 bits per heavy atom. The molecule has 0 radical (unpaired) electrons. The van der Waals surface area contributed by atoms with Crippen molar-refractivity contribution in [1.82, 2.24) is 0 Å². The van der Waals surface area contributed by atoms with E-state index in [4.69, 9.17) is 0 Å². The minimum absolute atomic E-state index is 1.20. The summed E-state index contributed by atoms with van der Waals surface area (Å²) in [6.07, 6.45) is 17.6. The monoisotopic (exact) mass is 666 g/mol. The van der Waals surface area contributed by atoms with Crippen LogP contribution in [0.25, 0.3) is 39.1 Å². The molecule has 0 amide bonds. The van der Waals surface area contributed by atoms with Gasteiger partial charge in [-0.1, -0.05) is 171 Å². The maximum Gasteiger partial charge on any atom is -0.00299 e. The summed E-state index contributed by atoms with van der Waals surface area (Å²) in [6, 6.07) is 41.8. The van der Waals surface area contributed by atoms with Gasteiger partial charge in [-0.2, -0.15) is 0 Å². The van der Waals surface area contributed by atoms with Crippen LogP contribution in [0.3, 0.4) is 0 Å². The van der Waals surface area contributed by atoms with Gasteiger partial charge in [0.25, 0.3) is 0 Å². The molecule has 0 bridgehead atoms. The summed E-state index contributed by atoms with van der Waals surface area (Å²) in [7, 11) is 0. The predicted octanol–water partition coefficient (Wildman–Crippen LogP) is 13.2. The van der Waals surface area contributed by atoms with Crippen molar-refractivity contribution in [3.8, 4) is 0 Å². The second-order valence-electron chi connectivity index (χ2n) is 12.8. The first-order valence-corrected chi connectivity index (χ1v) is 18.3. The number of rotatable bonds is 9. The van der Waals surface area contributed by atoms with Gasteiger partial charge in [-0.05, 0) is 138 Å². The van der Waals surface area contributed by atoms with E-state index < -0.39 is 0 Å². The summed E-state index contributed by atoms with van der Waals surface area (Å²) in [5, 5.41) is 4.93. The van der Waals surface area contributed by atoms with Crippen molar-refractivity contribution in [3.05, 3.63) is 207 Å². The molecule has 0 aliphatic heterocycles. The molecule has 0 nitrogen and oxygen atoms in total. The predicted molar refractivity (Wildman–Crippen MR) is 229 cm³/mol. The number of hydrogen-bond acceptors (Lipinski definition) is 0. The zero-order valence-corrected chi connectivity index (χ0v) is 32.1. The van der Waals surface area contributed by atoms with E-state index >= 15 is 0 Å². The molecule has 51 heavy (non-hydrogen) atoms. The lowest BCUT2D eigenvalue weighted by molar-refractivity contribution is 1.34. The lowest BCUT2D eigenvalue weighted by Gasteiger charge is -2.16. The molecule has 5 rings (SSSR count). The van der Waals surface area contributed by atoms with E-state index in [1.165, 1.54) is 82.5 Å². The topological polar surface area (TPSA) is 0 Å². The van der Waals surface area contributed by atoms with Crippen molar-refractivity contribution in [2.24, 2.45) is 0 Å². The Morgan fingerprint density at radius 3 is 1.78 bits per heavy atom. The Balaban J connectivity index is 0.00000286. The fourth-order valence-electron chi connectivity index (χ4n) is 6.09. The molecule has 0 spiro atoms. The second kappa shape index (κ2) is 19.1. The summed E-state index contributed by atoms with van der Waals surface area (Å²) >= 11 is 0. The molecule has 0 atom stereocenters. The van der Waals surface area contributed by atoms with Crippen molar-refractivity contribution in [3.63, 3.8) is 0 Å². The van der Waals surface area contributed by atoms with Gasteiger partial charge in [-0.3, -0.25) is 0 Å². The van der Waals surface area contributed by atoms with E-state index in [2.05, 4.69) is 212 Å². The fourth-order valence-corrected chi connectivity index (χ4v) is 6.09. The van der Waals surface area contributed by atoms with Crippen LogP contribution in [0.4, 0.5) is 0 Å². The van der Waals surface area contributed by atoms with E-state index in [1.807, 2.05) is 13.8 Å². The molecule has 0 aliphatic carbocycles. The van der Waals surface area contributed by atoms with Crippen LogP contribution in [0.2, 0.25) is 0 Å². The Hall–Kier alpha value is -5.46. The Kier molecular flexibility index (Phi) is 14.3. The zero-order valence-electron chi connectivity index (χ0n) is 32.1. The molecule has 0 fully saturated rings. The van der Waals surface area contributed by atoms with Crippen LogP contribution in [0.15, 0.2) is 169 Å². The Morgan fingerprint density at radius 1 is 0.510 bits per heavy atom. The van der Waals surface area contributed by atoms with Gasteiger partial charge in [0.2, 0.25) is 0 Å². The van der Waals surface area contributed by atoms with Crippen LogP contribution in [-0.4, -0.2) is 0 Å². The minimum atomic E-state index is 1.20. The first-order valence-electron chi connectivity index (χ1n) is 18.3. The van der Waals surface area contributed by atoms with Crippen LogP contribution >= 0.6 is 0 Å². The summed E-state index contributed by atoms with van der Waals surface area (Å²) in [5.74, 6) is 0. The molecule has 5 aromatic carbocycles. The maximum absolute atomic E-state index is 2.35. The molecule has 0 heterocycles. The highest BCUT2D eigenvalue weighted by molar-refractivity contribution is 6.06. The lowest BCUT2D eigenvalue weighted by atomic mass is 9.87. The molecule has 0 aliphatic rings. The highest BCUT2D eigenvalue weighted by Gasteiger charge is 2.14. The number of benzene rings is 5. The first-order chi connectivity index (χ1) is 24.8. The van der Waals surface area contributed by atoms with Crippen LogP contribution in [0, 0.1) is 6.92 Å². The van der Waals surface area contributed by atoms with Crippen molar-refractivity contribution in [2.75, 3.05) is 0 Å². The van der Waals surface area contributed by atoms with Gasteiger partial charge >= 0.3 is 0 Å². The van der Waals surface area contributed by atoms with Gasteiger partial charge in [0.05, 0.1) is 0 Å². The third kappa shape index (κ3) is 10.1. The smallest absolute Gasteiger partial charge is 0.00299 e. The molecular weight excluding hydrogens is 613 g/mol. The van der Waals surface area contributed by atoms with E-state index in [-0.39, 0.29) is 0 Å². The quantitative estimate of drug-likeness (QED) is 0.137. The average molecular weight is 667 g/mol. The zero-order chi connectivity index (χ0) is 36.8. The molecule has 0 aromatic heterocycles. The average Bonchev–Trinajstić information content (AvgIpc) is 3.18. The van der Waals surface area contributed by atoms with E-state index in [1.54, 1.807) is 0 Å². The van der Waals surface area contributed by atoms with E-state index in [0.29, 0.717) is 0 Å². The number of allylic oxidation sites excluding steroid dienone is 12. The molecular formula is C51H54. The first kappa shape index (κ1) is 38.3. The fraction of sp³-hybridized carbons (Fsp3) is 0.176. The van der Waals surface area contributed by atoms with E-state index in [0.717, 1.165) is 0 Å². The summed E-state index contributed by atoms with van der Waals surface area (Å²) in [5.41, 5.74) is 13.6. The molecule has 258 valence electrons. The largest absolute Gasteiger partial charge is 0.0876 e. The van der Waals surface area contributed by atoms with Crippen LogP contribution in [-0.2, 0) is 0 Å². The lowest BCUT2D eigenvalue weighted by Crippen LogP contribution is -2.27. The second-order valence-corrected chi connectivity index (χ2v) is 12.8. The molecule has 5 aromatic rings. The normalized spacial score (nSPS) is 14.1. The summed E-state index contributed by atoms with van der Waals surface area (Å²) < 4.78 is 0. The van der Waals surface area contributed by atoms with Gasteiger partial charge < -0.3 is 0 Å². The van der Waals surface area contributed by atoms with Gasteiger partial charge in [0.15, 0.2) is 0 Å². The molecule has 0 saturated heterocycles. The summed E-state index contributed by atoms with van der Waals surface area (Å²) in [6.45, 7) is 19.1. The third-order valence-electron chi connectivity index (χ3n) is 9.19. The molecule has 0 unspecified atom stereocenters. The van der Waals surface area contributed by atoms with Crippen LogP contribution in [0.5, 0.6) is 0 Å². The third-order valence-corrected chi connectivity index (χ3v) is 9.19. The van der Waals surface area contributed by atoms with Crippen molar-refractivity contribution in [2.45, 2.75) is 62.3 Å². The maximum atomic E-state index is 2.35. The minimum Gasteiger partial charge on any atom is -0.0876 e. The summed E-state index contributed by atoms with van der Waals surface area (Å²) in [4.78, 5) is 0. The molecule has 0 N–H and O–H groups in total. The SMILES string of the molecule is C/C=C/C=c1/cccc/c1=C(/C(=C/C)c1ccc2cc(C)ccc2c1)c1cccc(/C(C)=C/C=C(C)/C(C)=C/C=C(\C)c2ccccc2)c1.CC.